The molecule has 0 N–H and O–H groups in total. The van der Waals surface area contributed by atoms with E-state index in [9.17, 15) is 9.59 Å². The molecule has 1 aromatic carbocycles. The van der Waals surface area contributed by atoms with E-state index >= 15 is 0 Å². The van der Waals surface area contributed by atoms with E-state index in [0.717, 1.165) is 35.7 Å². The summed E-state index contributed by atoms with van der Waals surface area (Å²) in [6.07, 6.45) is 5.10. The fourth-order valence-corrected chi connectivity index (χ4v) is 4.30. The third-order valence-electron chi connectivity index (χ3n) is 5.27. The molecule has 1 saturated carbocycles. The molecule has 7 heteroatoms. The van der Waals surface area contributed by atoms with Gasteiger partial charge < -0.3 is 4.74 Å². The second kappa shape index (κ2) is 7.68. The molecule has 144 valence electrons. The smallest absolute Gasteiger partial charge is 0.316 e. The zero-order valence-corrected chi connectivity index (χ0v) is 17.4. The van der Waals surface area contributed by atoms with Crippen molar-refractivity contribution in [2.75, 3.05) is 0 Å². The number of rotatable bonds is 4. The molecule has 0 bridgehead atoms. The first-order valence-corrected chi connectivity index (χ1v) is 10.3. The Hall–Kier alpha value is -2.18. The Balaban J connectivity index is 1.57. The molecule has 5 nitrogen and oxygen atoms in total. The first kappa shape index (κ1) is 19.2. The minimum Gasteiger partial charge on any atom is -0.458 e. The van der Waals surface area contributed by atoms with Gasteiger partial charge in [-0.3, -0.25) is 14.0 Å². The monoisotopic (exact) mass is 460 g/mol. The Morgan fingerprint density at radius 2 is 1.89 bits per heavy atom. The van der Waals surface area contributed by atoms with Crippen molar-refractivity contribution in [3.63, 3.8) is 0 Å². The Bertz CT molecular complexity index is 1090. The molecule has 2 aromatic heterocycles. The number of halogens is 2. The maximum Gasteiger partial charge on any atom is 0.316 e. The maximum absolute atomic E-state index is 13.0. The van der Waals surface area contributed by atoms with Crippen molar-refractivity contribution in [2.24, 2.45) is 0 Å². The highest BCUT2D eigenvalue weighted by molar-refractivity contribution is 9.10. The van der Waals surface area contributed by atoms with Crippen LogP contribution in [-0.2, 0) is 21.6 Å². The average Bonchev–Trinajstić information content (AvgIpc) is 3.18. The third kappa shape index (κ3) is 3.59. The first-order valence-electron chi connectivity index (χ1n) is 9.09. The van der Waals surface area contributed by atoms with Crippen molar-refractivity contribution in [1.82, 2.24) is 9.38 Å². The SMILES string of the molecule is O=C(OCc1cc(=O)n2cc(Br)ccc2n1)C1(c2ccc(Cl)cc2)CCCC1. The lowest BCUT2D eigenvalue weighted by Gasteiger charge is -2.27. The van der Waals surface area contributed by atoms with E-state index < -0.39 is 5.41 Å². The molecule has 1 fully saturated rings. The molecule has 3 aromatic rings. The van der Waals surface area contributed by atoms with Gasteiger partial charge in [-0.1, -0.05) is 36.6 Å². The standard InChI is InChI=1S/C21H18BrClN2O3/c22-15-5-8-18-24-17(11-19(26)25(18)12-15)13-28-20(27)21(9-1-2-10-21)14-3-6-16(23)7-4-14/h3-8,11-12H,1-2,9-10,13H2. The van der Waals surface area contributed by atoms with Gasteiger partial charge in [0.15, 0.2) is 0 Å². The van der Waals surface area contributed by atoms with E-state index in [1.807, 2.05) is 18.2 Å². The summed E-state index contributed by atoms with van der Waals surface area (Å²) < 4.78 is 7.87. The minimum atomic E-state index is -0.651. The Labute approximate surface area is 175 Å². The number of pyridine rings is 1. The maximum atomic E-state index is 13.0. The summed E-state index contributed by atoms with van der Waals surface area (Å²) in [4.78, 5) is 29.8. The van der Waals surface area contributed by atoms with E-state index in [0.29, 0.717) is 16.4 Å². The minimum absolute atomic E-state index is 0.0318. The van der Waals surface area contributed by atoms with Crippen molar-refractivity contribution < 1.29 is 9.53 Å². The van der Waals surface area contributed by atoms with Crippen LogP contribution in [0.4, 0.5) is 0 Å². The van der Waals surface area contributed by atoms with Crippen LogP contribution in [0.2, 0.25) is 5.02 Å². The van der Waals surface area contributed by atoms with Crippen molar-refractivity contribution >= 4 is 39.1 Å². The zero-order chi connectivity index (χ0) is 19.7. The number of ether oxygens (including phenoxy) is 1. The lowest BCUT2D eigenvalue weighted by Crippen LogP contribution is -2.34. The number of hydrogen-bond donors (Lipinski definition) is 0. The van der Waals surface area contributed by atoms with Gasteiger partial charge in [-0.15, -0.1) is 0 Å². The molecule has 1 aliphatic rings. The third-order valence-corrected chi connectivity index (χ3v) is 5.99. The number of fused-ring (bicyclic) bond motifs is 1. The fourth-order valence-electron chi connectivity index (χ4n) is 3.84. The number of aromatic nitrogens is 2. The highest BCUT2D eigenvalue weighted by Gasteiger charge is 2.44. The predicted octanol–water partition coefficient (Wildman–Crippen LogP) is 4.67. The quantitative estimate of drug-likeness (QED) is 0.530. The van der Waals surface area contributed by atoms with Gasteiger partial charge in [-0.05, 0) is 58.6 Å². The number of carbonyl (C=O) groups is 1. The molecule has 0 radical (unpaired) electrons. The highest BCUT2D eigenvalue weighted by atomic mass is 79.9. The van der Waals surface area contributed by atoms with Gasteiger partial charge in [0.25, 0.3) is 5.56 Å². The largest absolute Gasteiger partial charge is 0.458 e. The number of hydrogen-bond acceptors (Lipinski definition) is 4. The fraction of sp³-hybridized carbons (Fsp3) is 0.286. The van der Waals surface area contributed by atoms with Crippen LogP contribution in [0, 0.1) is 0 Å². The van der Waals surface area contributed by atoms with Crippen LogP contribution in [0.25, 0.3) is 5.65 Å². The van der Waals surface area contributed by atoms with Crippen LogP contribution in [0.1, 0.15) is 36.9 Å². The first-order chi connectivity index (χ1) is 13.5. The molecule has 1 aliphatic carbocycles. The van der Waals surface area contributed by atoms with Crippen LogP contribution >= 0.6 is 27.5 Å². The second-order valence-corrected chi connectivity index (χ2v) is 8.39. The Morgan fingerprint density at radius 1 is 1.18 bits per heavy atom. The number of benzene rings is 1. The molecule has 0 unspecified atom stereocenters. The van der Waals surface area contributed by atoms with Crippen molar-refractivity contribution in [3.05, 3.63) is 79.8 Å². The van der Waals surface area contributed by atoms with Crippen LogP contribution in [0.5, 0.6) is 0 Å². The topological polar surface area (TPSA) is 60.7 Å². The molecule has 0 aliphatic heterocycles. The molecule has 0 saturated heterocycles. The van der Waals surface area contributed by atoms with Gasteiger partial charge in [0, 0.05) is 21.8 Å². The van der Waals surface area contributed by atoms with E-state index in [2.05, 4.69) is 20.9 Å². The Morgan fingerprint density at radius 3 is 2.61 bits per heavy atom. The molecular formula is C21H18BrClN2O3. The van der Waals surface area contributed by atoms with E-state index in [1.54, 1.807) is 24.4 Å². The van der Waals surface area contributed by atoms with E-state index in [1.165, 1.54) is 10.5 Å². The van der Waals surface area contributed by atoms with E-state index in [4.69, 9.17) is 16.3 Å². The summed E-state index contributed by atoms with van der Waals surface area (Å²) >= 11 is 9.34. The van der Waals surface area contributed by atoms with Gasteiger partial charge >= 0.3 is 5.97 Å². The van der Waals surface area contributed by atoms with Crippen LogP contribution in [-0.4, -0.2) is 15.4 Å². The molecule has 2 heterocycles. The molecule has 28 heavy (non-hydrogen) atoms. The lowest BCUT2D eigenvalue weighted by molar-refractivity contribution is -0.152. The summed E-state index contributed by atoms with van der Waals surface area (Å²) in [5, 5.41) is 0.637. The second-order valence-electron chi connectivity index (χ2n) is 7.03. The predicted molar refractivity (Wildman–Crippen MR) is 111 cm³/mol. The van der Waals surface area contributed by atoms with E-state index in [-0.39, 0.29) is 18.1 Å². The number of nitrogens with zero attached hydrogens (tertiary/aromatic N) is 2. The normalized spacial score (nSPS) is 15.6. The number of carbonyl (C=O) groups excluding carboxylic acids is 1. The summed E-state index contributed by atoms with van der Waals surface area (Å²) in [5.41, 5.74) is 1.00. The zero-order valence-electron chi connectivity index (χ0n) is 15.0. The number of esters is 1. The summed E-state index contributed by atoms with van der Waals surface area (Å²) in [6.45, 7) is -0.0318. The van der Waals surface area contributed by atoms with Crippen molar-refractivity contribution in [3.8, 4) is 0 Å². The summed E-state index contributed by atoms with van der Waals surface area (Å²) in [5.74, 6) is -0.273. The molecule has 0 spiro atoms. The van der Waals surface area contributed by atoms with Crippen molar-refractivity contribution in [1.29, 1.82) is 0 Å². The highest BCUT2D eigenvalue weighted by Crippen LogP contribution is 2.42. The molecular weight excluding hydrogens is 444 g/mol. The Kier molecular flexibility index (Phi) is 5.25. The van der Waals surface area contributed by atoms with Gasteiger partial charge in [-0.2, -0.15) is 0 Å². The van der Waals surface area contributed by atoms with Gasteiger partial charge in [0.1, 0.15) is 12.3 Å². The molecule has 0 atom stereocenters. The van der Waals surface area contributed by atoms with Gasteiger partial charge in [0.2, 0.25) is 0 Å². The van der Waals surface area contributed by atoms with Gasteiger partial charge in [0.05, 0.1) is 11.1 Å². The van der Waals surface area contributed by atoms with Gasteiger partial charge in [-0.25, -0.2) is 4.98 Å². The lowest BCUT2D eigenvalue weighted by atomic mass is 9.79. The summed E-state index contributed by atoms with van der Waals surface area (Å²) in [7, 11) is 0. The average molecular weight is 462 g/mol. The van der Waals surface area contributed by atoms with Crippen molar-refractivity contribution in [2.45, 2.75) is 37.7 Å². The molecule has 0 amide bonds. The van der Waals surface area contributed by atoms with Crippen LogP contribution in [0.3, 0.4) is 0 Å². The summed E-state index contributed by atoms with van der Waals surface area (Å²) in [6, 6.07) is 12.3. The van der Waals surface area contributed by atoms with Crippen LogP contribution < -0.4 is 5.56 Å². The molecule has 4 rings (SSSR count). The van der Waals surface area contributed by atoms with Crippen LogP contribution in [0.15, 0.2) is 57.9 Å².